The molecule has 0 bridgehead atoms. The first-order chi connectivity index (χ1) is 11.1. The molecule has 1 N–H and O–H groups in total. The van der Waals surface area contributed by atoms with Gasteiger partial charge in [-0.2, -0.15) is 0 Å². The van der Waals surface area contributed by atoms with Crippen LogP contribution in [0.5, 0.6) is 11.5 Å². The van der Waals surface area contributed by atoms with Gasteiger partial charge in [0, 0.05) is 10.6 Å². The number of ether oxygens (including phenoxy) is 2. The fourth-order valence-corrected chi connectivity index (χ4v) is 3.17. The van der Waals surface area contributed by atoms with Crippen LogP contribution in [0.4, 0.5) is 5.69 Å². The van der Waals surface area contributed by atoms with E-state index in [1.54, 1.807) is 0 Å². The maximum Gasteiger partial charge on any atom is 0.234 e. The van der Waals surface area contributed by atoms with E-state index in [1.165, 1.54) is 11.8 Å². The Balaban J connectivity index is 1.61. The molecule has 0 atom stereocenters. The number of hydrogen-bond acceptors (Lipinski definition) is 4. The molecule has 4 nitrogen and oxygen atoms in total. The molecule has 1 amide bonds. The Bertz CT molecular complexity index is 710. The highest BCUT2D eigenvalue weighted by Gasteiger charge is 2.13. The summed E-state index contributed by atoms with van der Waals surface area (Å²) in [7, 11) is 0. The third kappa shape index (κ3) is 3.79. The van der Waals surface area contributed by atoms with Crippen LogP contribution in [-0.2, 0) is 4.79 Å². The maximum absolute atomic E-state index is 12.2. The zero-order valence-electron chi connectivity index (χ0n) is 13.2. The van der Waals surface area contributed by atoms with Gasteiger partial charge < -0.3 is 14.8 Å². The number of rotatable bonds is 4. The van der Waals surface area contributed by atoms with Crippen LogP contribution >= 0.6 is 11.8 Å². The summed E-state index contributed by atoms with van der Waals surface area (Å²) >= 11 is 1.48. The maximum atomic E-state index is 12.2. The summed E-state index contributed by atoms with van der Waals surface area (Å²) in [5, 5.41) is 3.00. The lowest BCUT2D eigenvalue weighted by atomic mass is 10.1. The second kappa shape index (κ2) is 6.96. The van der Waals surface area contributed by atoms with Crippen LogP contribution in [-0.4, -0.2) is 24.9 Å². The van der Waals surface area contributed by atoms with Crippen molar-refractivity contribution in [3.05, 3.63) is 47.5 Å². The number of aryl methyl sites for hydroxylation is 2. The second-order valence-corrected chi connectivity index (χ2v) is 6.46. The number of carbonyl (C=O) groups excluding carboxylic acids is 1. The zero-order chi connectivity index (χ0) is 16.2. The van der Waals surface area contributed by atoms with Gasteiger partial charge in [0.25, 0.3) is 0 Å². The molecule has 0 saturated heterocycles. The normalized spacial score (nSPS) is 12.8. The van der Waals surface area contributed by atoms with Gasteiger partial charge in [-0.3, -0.25) is 4.79 Å². The fourth-order valence-electron chi connectivity index (χ4n) is 2.45. The third-order valence-corrected chi connectivity index (χ3v) is 4.62. The van der Waals surface area contributed by atoms with Gasteiger partial charge in [0.2, 0.25) is 5.91 Å². The van der Waals surface area contributed by atoms with E-state index in [0.29, 0.717) is 19.0 Å². The average molecular weight is 329 g/mol. The molecule has 1 aliphatic rings. The Morgan fingerprint density at radius 1 is 1.09 bits per heavy atom. The standard InChI is InChI=1S/C18H19NO3S/c1-12-4-3-5-13(2)18(12)19-17(20)11-23-14-6-7-15-16(10-14)22-9-8-21-15/h3-7,10H,8-9,11H2,1-2H3,(H,19,20). The molecule has 1 heterocycles. The van der Waals surface area contributed by atoms with Crippen LogP contribution in [0.25, 0.3) is 0 Å². The summed E-state index contributed by atoms with van der Waals surface area (Å²) in [5.74, 6) is 1.85. The number of nitrogens with one attached hydrogen (secondary N) is 1. The second-order valence-electron chi connectivity index (χ2n) is 5.41. The van der Waals surface area contributed by atoms with Crippen molar-refractivity contribution in [3.63, 3.8) is 0 Å². The number of benzene rings is 2. The summed E-state index contributed by atoms with van der Waals surface area (Å²) in [6.07, 6.45) is 0. The monoisotopic (exact) mass is 329 g/mol. The molecule has 3 rings (SSSR count). The number of anilines is 1. The van der Waals surface area contributed by atoms with Crippen LogP contribution in [0.1, 0.15) is 11.1 Å². The van der Waals surface area contributed by atoms with Crippen LogP contribution in [0, 0.1) is 13.8 Å². The summed E-state index contributed by atoms with van der Waals surface area (Å²) < 4.78 is 11.1. The molecule has 0 aromatic heterocycles. The lowest BCUT2D eigenvalue weighted by Crippen LogP contribution is -2.16. The van der Waals surface area contributed by atoms with Crippen LogP contribution in [0.15, 0.2) is 41.3 Å². The molecule has 5 heteroatoms. The van der Waals surface area contributed by atoms with Crippen LogP contribution in [0.3, 0.4) is 0 Å². The Labute approximate surface area is 140 Å². The van der Waals surface area contributed by atoms with E-state index < -0.39 is 0 Å². The number of thioether (sulfide) groups is 1. The molecule has 23 heavy (non-hydrogen) atoms. The Kier molecular flexibility index (Phi) is 4.76. The summed E-state index contributed by atoms with van der Waals surface area (Å²) in [4.78, 5) is 13.2. The molecule has 0 spiro atoms. The molecular weight excluding hydrogens is 310 g/mol. The molecule has 0 saturated carbocycles. The zero-order valence-corrected chi connectivity index (χ0v) is 14.0. The molecule has 120 valence electrons. The lowest BCUT2D eigenvalue weighted by molar-refractivity contribution is -0.113. The van der Waals surface area contributed by atoms with Gasteiger partial charge in [0.1, 0.15) is 13.2 Å². The van der Waals surface area contributed by atoms with Gasteiger partial charge in [-0.05, 0) is 43.2 Å². The summed E-state index contributed by atoms with van der Waals surface area (Å²) in [6, 6.07) is 11.7. The van der Waals surface area contributed by atoms with Gasteiger partial charge in [0.15, 0.2) is 11.5 Å². The minimum atomic E-state index is -0.0118. The Morgan fingerprint density at radius 2 is 1.78 bits per heavy atom. The number of carbonyl (C=O) groups is 1. The minimum absolute atomic E-state index is 0.0118. The molecule has 0 radical (unpaired) electrons. The highest BCUT2D eigenvalue weighted by atomic mass is 32.2. The highest BCUT2D eigenvalue weighted by molar-refractivity contribution is 8.00. The molecule has 0 aliphatic carbocycles. The number of para-hydroxylation sites is 1. The number of hydrogen-bond donors (Lipinski definition) is 1. The summed E-state index contributed by atoms with van der Waals surface area (Å²) in [6.45, 7) is 5.14. The van der Waals surface area contributed by atoms with Gasteiger partial charge in [-0.15, -0.1) is 11.8 Å². The van der Waals surface area contributed by atoms with E-state index in [2.05, 4.69) is 5.32 Å². The van der Waals surface area contributed by atoms with Crippen molar-refractivity contribution in [2.75, 3.05) is 24.3 Å². The highest BCUT2D eigenvalue weighted by Crippen LogP contribution is 2.34. The quantitative estimate of drug-likeness (QED) is 0.867. The lowest BCUT2D eigenvalue weighted by Gasteiger charge is -2.18. The first-order valence-electron chi connectivity index (χ1n) is 7.52. The molecule has 2 aromatic carbocycles. The number of amides is 1. The minimum Gasteiger partial charge on any atom is -0.486 e. The van der Waals surface area contributed by atoms with E-state index in [0.717, 1.165) is 33.2 Å². The molecular formula is C18H19NO3S. The van der Waals surface area contributed by atoms with Crippen molar-refractivity contribution in [3.8, 4) is 11.5 Å². The van der Waals surface area contributed by atoms with E-state index in [4.69, 9.17) is 9.47 Å². The first kappa shape index (κ1) is 15.7. The van der Waals surface area contributed by atoms with Crippen molar-refractivity contribution in [2.45, 2.75) is 18.7 Å². The first-order valence-corrected chi connectivity index (χ1v) is 8.50. The predicted octanol–water partition coefficient (Wildman–Crippen LogP) is 3.81. The Morgan fingerprint density at radius 3 is 2.52 bits per heavy atom. The van der Waals surface area contributed by atoms with Crippen molar-refractivity contribution in [2.24, 2.45) is 0 Å². The van der Waals surface area contributed by atoms with Gasteiger partial charge in [-0.25, -0.2) is 0 Å². The molecule has 0 fully saturated rings. The van der Waals surface area contributed by atoms with Crippen LogP contribution in [0.2, 0.25) is 0 Å². The van der Waals surface area contributed by atoms with Gasteiger partial charge in [-0.1, -0.05) is 18.2 Å². The molecule has 1 aliphatic heterocycles. The largest absolute Gasteiger partial charge is 0.486 e. The Hall–Kier alpha value is -2.14. The van der Waals surface area contributed by atoms with Crippen molar-refractivity contribution < 1.29 is 14.3 Å². The molecule has 2 aromatic rings. The average Bonchev–Trinajstić information content (AvgIpc) is 2.56. The fraction of sp³-hybridized carbons (Fsp3) is 0.278. The number of fused-ring (bicyclic) bond motifs is 1. The van der Waals surface area contributed by atoms with E-state index in [1.807, 2.05) is 50.2 Å². The SMILES string of the molecule is Cc1cccc(C)c1NC(=O)CSc1ccc2c(c1)OCCO2. The van der Waals surface area contributed by atoms with E-state index >= 15 is 0 Å². The predicted molar refractivity (Wildman–Crippen MR) is 92.7 cm³/mol. The van der Waals surface area contributed by atoms with Crippen molar-refractivity contribution >= 4 is 23.4 Å². The smallest absolute Gasteiger partial charge is 0.234 e. The summed E-state index contributed by atoms with van der Waals surface area (Å²) in [5.41, 5.74) is 3.05. The van der Waals surface area contributed by atoms with E-state index in [9.17, 15) is 4.79 Å². The van der Waals surface area contributed by atoms with Crippen molar-refractivity contribution in [1.82, 2.24) is 0 Å². The van der Waals surface area contributed by atoms with Crippen LogP contribution < -0.4 is 14.8 Å². The molecule has 0 unspecified atom stereocenters. The van der Waals surface area contributed by atoms with Gasteiger partial charge >= 0.3 is 0 Å². The van der Waals surface area contributed by atoms with Gasteiger partial charge in [0.05, 0.1) is 5.75 Å². The van der Waals surface area contributed by atoms with Crippen molar-refractivity contribution in [1.29, 1.82) is 0 Å². The third-order valence-electron chi connectivity index (χ3n) is 3.63. The van der Waals surface area contributed by atoms with E-state index in [-0.39, 0.29) is 5.91 Å². The topological polar surface area (TPSA) is 47.6 Å².